The molecule has 0 radical (unpaired) electrons. The molecule has 0 spiro atoms. The lowest BCUT2D eigenvalue weighted by Gasteiger charge is -2.54. The fraction of sp³-hybridized carbons (Fsp3) is 0. The summed E-state index contributed by atoms with van der Waals surface area (Å²) < 4.78 is 36.1. The summed E-state index contributed by atoms with van der Waals surface area (Å²) >= 11 is 1.99. The van der Waals surface area contributed by atoms with Crippen molar-refractivity contribution in [3.63, 3.8) is 0 Å². The van der Waals surface area contributed by atoms with Crippen molar-refractivity contribution in [2.75, 3.05) is 14.2 Å². The third-order valence-corrected chi connectivity index (χ3v) is 31.7. The van der Waals surface area contributed by atoms with Gasteiger partial charge in [-0.05, 0) is 234 Å². The zero-order chi connectivity index (χ0) is 96.9. The maximum absolute atomic E-state index is 6.87. The topological polar surface area (TPSA) is 56.6 Å². The van der Waals surface area contributed by atoms with Gasteiger partial charge in [-0.3, -0.25) is 0 Å². The summed E-state index contributed by atoms with van der Waals surface area (Å²) in [5.74, 6) is 9.10. The van der Waals surface area contributed by atoms with Crippen molar-refractivity contribution in [3.8, 4) is 28.4 Å². The van der Waals surface area contributed by atoms with Gasteiger partial charge in [0.05, 0.1) is 55.2 Å². The molecule has 23 aromatic rings. The quantitative estimate of drug-likeness (QED) is 0.105. The third kappa shape index (κ3) is 14.9. The van der Waals surface area contributed by atoms with Crippen molar-refractivity contribution in [2.45, 2.75) is 0 Å². The van der Waals surface area contributed by atoms with Gasteiger partial charge in [-0.2, -0.15) is 11.5 Å². The van der Waals surface area contributed by atoms with Gasteiger partial charge in [0.2, 0.25) is 0 Å². The Balaban J connectivity index is 0.000000108. The Hall–Kier alpha value is -17.6. The van der Waals surface area contributed by atoms with Gasteiger partial charge in [-0.25, -0.2) is 0 Å². The first-order valence-electron chi connectivity index (χ1n) is 50.8. The monoisotopic (exact) mass is 1890 g/mol. The van der Waals surface area contributed by atoms with E-state index in [-0.39, 0.29) is 61.3 Å². The highest BCUT2D eigenvalue weighted by Gasteiger charge is 2.54. The molecule has 13 nitrogen and oxygen atoms in total. The van der Waals surface area contributed by atoms with Crippen LogP contribution in [0.4, 0.5) is 17.1 Å². The number of aromatic nitrogens is 5. The van der Waals surface area contributed by atoms with E-state index < -0.39 is 0 Å². The molecule has 0 unspecified atom stereocenters. The van der Waals surface area contributed by atoms with Crippen LogP contribution in [0.5, 0.6) is 0 Å². The van der Waals surface area contributed by atoms with E-state index in [2.05, 4.69) is 608 Å². The fourth-order valence-corrected chi connectivity index (χ4v) is 25.4. The molecule has 3 fully saturated rings. The van der Waals surface area contributed by atoms with E-state index in [1.54, 1.807) is 0 Å². The highest BCUT2D eigenvalue weighted by atomic mass is 32.2. The van der Waals surface area contributed by atoms with Crippen LogP contribution < -0.4 is 41.5 Å². The molecule has 7 aliphatic heterocycles. The predicted octanol–water partition coefficient (Wildman–Crippen LogP) is 24.4. The van der Waals surface area contributed by atoms with Crippen LogP contribution in [0.25, 0.3) is 137 Å². The molecule has 5 aromatic heterocycles. The summed E-state index contributed by atoms with van der Waals surface area (Å²) in [5.41, 5.74) is 27.5. The number of hydrogen-bond acceptors (Lipinski definition) is 9. The maximum atomic E-state index is 6.87. The highest BCUT2D eigenvalue weighted by Crippen LogP contribution is 2.43. The Morgan fingerprint density at radius 2 is 0.483 bits per heavy atom. The van der Waals surface area contributed by atoms with Crippen LogP contribution in [0.2, 0.25) is 0 Å². The van der Waals surface area contributed by atoms with Crippen LogP contribution in [0.3, 0.4) is 0 Å². The Bertz CT molecular complexity index is 9050. The van der Waals surface area contributed by atoms with Crippen LogP contribution >= 0.6 is 11.5 Å². The maximum Gasteiger partial charge on any atom is 0.427 e. The van der Waals surface area contributed by atoms with Gasteiger partial charge in [-0.15, -0.1) is 0 Å². The molecule has 12 heterocycles. The van der Waals surface area contributed by atoms with Gasteiger partial charge < -0.3 is 60.5 Å². The number of hydrogen-bond donors (Lipinski definition) is 0. The first-order chi connectivity index (χ1) is 73.0. The van der Waals surface area contributed by atoms with E-state index >= 15 is 0 Å². The smallest absolute Gasteiger partial charge is 0.427 e. The van der Waals surface area contributed by atoms with E-state index in [9.17, 15) is 0 Å². The van der Waals surface area contributed by atoms with Crippen molar-refractivity contribution in [3.05, 3.63) is 552 Å². The molecule has 18 aromatic carbocycles. The summed E-state index contributed by atoms with van der Waals surface area (Å²) in [6.07, 6.45) is 26.3. The van der Waals surface area contributed by atoms with Gasteiger partial charge in [-0.1, -0.05) is 345 Å². The zero-order valence-corrected chi connectivity index (χ0v) is 81.2. The summed E-state index contributed by atoms with van der Waals surface area (Å²) in [5, 5.41) is 12.7. The molecule has 686 valence electrons. The molecule has 0 aliphatic carbocycles. The second-order valence-corrected chi connectivity index (χ2v) is 39.6. The van der Waals surface area contributed by atoms with E-state index in [0.717, 1.165) is 28.2 Å². The van der Waals surface area contributed by atoms with Gasteiger partial charge in [0.1, 0.15) is 0 Å². The predicted molar refractivity (Wildman–Crippen MR) is 630 cm³/mol. The molecule has 23 heteroatoms. The lowest BCUT2D eigenvalue weighted by atomic mass is 9.40. The van der Waals surface area contributed by atoms with E-state index in [4.69, 9.17) is 4.57 Å². The summed E-state index contributed by atoms with van der Waals surface area (Å²) in [7, 11) is -0.484. The van der Waals surface area contributed by atoms with E-state index in [1.807, 2.05) is 11.5 Å². The largest absolute Gasteiger partial charge is 0.456 e. The minimum Gasteiger partial charge on any atom is -0.456 e. The fourth-order valence-electron chi connectivity index (χ4n) is 24.0. The number of benzene rings is 18. The number of rotatable bonds is 13. The molecule has 7 aliphatic rings. The summed E-state index contributed by atoms with van der Waals surface area (Å²) in [6.45, 7) is 0.0800. The molecule has 147 heavy (non-hydrogen) atoms. The molecular weight excluding hydrogens is 1800 g/mol. The Morgan fingerprint density at radius 1 is 0.184 bits per heavy atom. The SMILES string of the molecule is C1=CB2N(C=C1)B(c1cccc(-n3c4ccccc4c4ccccc43)c1)N1C=CC=CB1N2c1ccccc1.C1=CB2OB(c3ccccc3)N(c3ccccc3)B(c3ccc(-n4c5ccccc5c5cc(-n6c7ccccc7c7ccccc76)ccc54)cc3)N2C=C1.C1=CB2SB(c3ccc(-n4c5ccccc5c5ccccc54)cc3)N(c3ccccc3)B(c3ccc(-n4c5ccccc5c5ccccc54)cc3)N2C=C1. The van der Waals surface area contributed by atoms with Gasteiger partial charge in [0.25, 0.3) is 0 Å². The van der Waals surface area contributed by atoms with Gasteiger partial charge in [0, 0.05) is 99.4 Å². The van der Waals surface area contributed by atoms with Crippen molar-refractivity contribution in [1.82, 2.24) is 41.7 Å². The molecule has 0 atom stereocenters. The van der Waals surface area contributed by atoms with Crippen molar-refractivity contribution in [2.24, 2.45) is 0 Å². The Kier molecular flexibility index (Phi) is 21.9. The van der Waals surface area contributed by atoms with Crippen LogP contribution in [0.1, 0.15) is 0 Å². The average molecular weight is 1890 g/mol. The lowest BCUT2D eigenvalue weighted by molar-refractivity contribution is 0.538. The molecule has 3 saturated heterocycles. The second kappa shape index (κ2) is 37.0. The van der Waals surface area contributed by atoms with Crippen LogP contribution in [-0.2, 0) is 4.57 Å². The van der Waals surface area contributed by atoms with Gasteiger partial charge in [0.15, 0.2) is 0 Å². The molecule has 0 N–H and O–H groups in total. The van der Waals surface area contributed by atoms with Crippen LogP contribution in [-0.4, -0.2) is 103 Å². The number of fused-ring (bicyclic) bond motifs is 19. The second-order valence-electron chi connectivity index (χ2n) is 38.4. The minimum atomic E-state index is -0.281. The molecular formula is C124H91B9N12OS. The van der Waals surface area contributed by atoms with Gasteiger partial charge >= 0.3 is 61.3 Å². The van der Waals surface area contributed by atoms with Crippen LogP contribution in [0.15, 0.2) is 552 Å². The van der Waals surface area contributed by atoms with Crippen molar-refractivity contribution < 1.29 is 4.57 Å². The standard InChI is InChI=1S/C46H33B3N4O.C46H33B3N4S.C32H25B3N4/c1-3-15-35(16-4-1)49-53(37-17-5-2-6-18-37)48(50-32-14-13-31-47(50)54-49)34-25-27-36(28-26-34)51-45-24-12-9-21-41(45)42-33-38(29-30-46(42)51)52-43-22-10-7-19-39(43)40-20-8-11-23-44(40)52;1-2-14-38(15-3-1)53-48(34-24-28-36(29-25-34)51-43-20-8-4-16-39(43)40-17-5-9-21-44(40)51)50-33-13-12-32-47(50)54-49(53)35-26-30-37(31-27-35)52-45-22-10-6-18-41(45)42-19-7-11-23-46(42)52;1-2-14-27(15-3-1)39-33-21-8-10-23-36(33)35(37-24-11-9-22-34(37)39)26-13-12-16-28(25-26)38-31-19-6-4-17-29(31)30-18-5-7-20-32(30)38/h2*1-33H;1-25H. The molecule has 0 saturated carbocycles. The summed E-state index contributed by atoms with van der Waals surface area (Å²) in [4.78, 5) is 0. The van der Waals surface area contributed by atoms with Crippen molar-refractivity contribution in [1.29, 1.82) is 0 Å². The average Bonchev–Trinajstić information content (AvgIpc) is 1.46. The molecule has 0 amide bonds. The third-order valence-electron chi connectivity index (χ3n) is 30.3. The number of anilines is 3. The number of nitrogens with zero attached hydrogens (tertiary/aromatic N) is 12. The Morgan fingerprint density at radius 3 is 0.905 bits per heavy atom. The summed E-state index contributed by atoms with van der Waals surface area (Å²) in [6, 6.07) is 165. The van der Waals surface area contributed by atoms with E-state index in [0.29, 0.717) is 0 Å². The van der Waals surface area contributed by atoms with Crippen molar-refractivity contribution >= 4 is 226 Å². The minimum absolute atomic E-state index is 0.0333. The normalized spacial score (nSPS) is 14.7. The lowest BCUT2D eigenvalue weighted by Crippen LogP contribution is -2.78. The molecule has 30 rings (SSSR count). The Labute approximate surface area is 860 Å². The molecule has 0 bridgehead atoms. The zero-order valence-electron chi connectivity index (χ0n) is 80.4. The first kappa shape index (κ1) is 87.2. The number of para-hydroxylation sites is 12. The van der Waals surface area contributed by atoms with E-state index in [1.165, 1.54) is 154 Å². The number of allylic oxidation sites excluding steroid dienone is 8. The highest BCUT2D eigenvalue weighted by molar-refractivity contribution is 8.47. The first-order valence-corrected chi connectivity index (χ1v) is 51.7. The van der Waals surface area contributed by atoms with Crippen LogP contribution in [0, 0.1) is 0 Å².